The molecular weight excluding hydrogens is 380 g/mol. The van der Waals surface area contributed by atoms with Gasteiger partial charge < -0.3 is 5.11 Å². The van der Waals surface area contributed by atoms with Gasteiger partial charge in [0.25, 0.3) is 5.56 Å². The van der Waals surface area contributed by atoms with Gasteiger partial charge in [0.1, 0.15) is 29.9 Å². The van der Waals surface area contributed by atoms with Gasteiger partial charge in [-0.05, 0) is 25.1 Å². The molecule has 2 heterocycles. The zero-order valence-corrected chi connectivity index (χ0v) is 15.4. The van der Waals surface area contributed by atoms with Crippen LogP contribution in [0.1, 0.15) is 18.5 Å². The summed E-state index contributed by atoms with van der Waals surface area (Å²) in [5, 5.41) is 15.9. The van der Waals surface area contributed by atoms with E-state index < -0.39 is 23.3 Å². The molecule has 0 radical (unpaired) electrons. The fraction of sp³-hybridized carbons (Fsp3) is 0.200. The third kappa shape index (κ3) is 3.29. The van der Waals surface area contributed by atoms with Gasteiger partial charge in [0.05, 0.1) is 29.8 Å². The maximum Gasteiger partial charge on any atom is 0.261 e. The van der Waals surface area contributed by atoms with E-state index >= 15 is 0 Å². The highest BCUT2D eigenvalue weighted by Crippen LogP contribution is 2.36. The second kappa shape index (κ2) is 7.17. The number of rotatable bonds is 5. The second-order valence-electron chi connectivity index (χ2n) is 6.79. The molecule has 2 atom stereocenters. The van der Waals surface area contributed by atoms with Crippen LogP contribution in [0.15, 0.2) is 66.2 Å². The lowest BCUT2D eigenvalue weighted by Gasteiger charge is -2.35. The van der Waals surface area contributed by atoms with Crippen molar-refractivity contribution < 1.29 is 13.9 Å². The van der Waals surface area contributed by atoms with Crippen molar-refractivity contribution in [2.75, 3.05) is 0 Å². The second-order valence-corrected chi connectivity index (χ2v) is 6.79. The number of halogens is 2. The summed E-state index contributed by atoms with van der Waals surface area (Å²) in [6.45, 7) is 1.35. The summed E-state index contributed by atoms with van der Waals surface area (Å²) in [5.74, 6) is -1.70. The summed E-state index contributed by atoms with van der Waals surface area (Å²) in [7, 11) is 0. The fourth-order valence-corrected chi connectivity index (χ4v) is 3.43. The maximum absolute atomic E-state index is 14.7. The molecule has 4 aromatic rings. The Morgan fingerprint density at radius 3 is 2.69 bits per heavy atom. The SMILES string of the molecule is CC(n1cnc2ccccc2c1=O)C(O)(Cn1cncn1)c1ccc(F)cc1F. The lowest BCUT2D eigenvalue weighted by Crippen LogP contribution is -2.43. The van der Waals surface area contributed by atoms with E-state index in [0.717, 1.165) is 12.1 Å². The van der Waals surface area contributed by atoms with E-state index in [1.807, 2.05) is 0 Å². The molecule has 0 bridgehead atoms. The molecule has 0 aliphatic heterocycles. The summed E-state index contributed by atoms with van der Waals surface area (Å²) in [6.07, 6.45) is 3.94. The van der Waals surface area contributed by atoms with Crippen LogP contribution in [0.3, 0.4) is 0 Å². The van der Waals surface area contributed by atoms with Crippen LogP contribution in [-0.2, 0) is 12.1 Å². The predicted molar refractivity (Wildman–Crippen MR) is 101 cm³/mol. The largest absolute Gasteiger partial charge is 0.381 e. The van der Waals surface area contributed by atoms with Gasteiger partial charge in [0.15, 0.2) is 0 Å². The van der Waals surface area contributed by atoms with Gasteiger partial charge in [0.2, 0.25) is 0 Å². The van der Waals surface area contributed by atoms with E-state index in [1.165, 1.54) is 28.2 Å². The van der Waals surface area contributed by atoms with Crippen molar-refractivity contribution in [2.24, 2.45) is 0 Å². The third-order valence-electron chi connectivity index (χ3n) is 5.07. The Balaban J connectivity index is 1.89. The first-order valence-electron chi connectivity index (χ1n) is 8.86. The average Bonchev–Trinajstić information content (AvgIpc) is 3.20. The van der Waals surface area contributed by atoms with E-state index in [4.69, 9.17) is 0 Å². The molecule has 0 spiro atoms. The van der Waals surface area contributed by atoms with E-state index in [1.54, 1.807) is 31.2 Å². The summed E-state index contributed by atoms with van der Waals surface area (Å²) in [5.41, 5.74) is -1.99. The number of fused-ring (bicyclic) bond motifs is 1. The Bertz CT molecular complexity index is 1230. The number of nitrogens with zero attached hydrogens (tertiary/aromatic N) is 5. The average molecular weight is 397 g/mol. The highest BCUT2D eigenvalue weighted by Gasteiger charge is 2.40. The molecule has 4 rings (SSSR count). The zero-order valence-electron chi connectivity index (χ0n) is 15.4. The first-order valence-corrected chi connectivity index (χ1v) is 8.86. The van der Waals surface area contributed by atoms with Crippen LogP contribution in [0.4, 0.5) is 8.78 Å². The Morgan fingerprint density at radius 2 is 1.97 bits per heavy atom. The monoisotopic (exact) mass is 397 g/mol. The molecule has 0 fully saturated rings. The number of aromatic nitrogens is 5. The highest BCUT2D eigenvalue weighted by molar-refractivity contribution is 5.76. The molecule has 0 saturated heterocycles. The lowest BCUT2D eigenvalue weighted by atomic mass is 9.86. The van der Waals surface area contributed by atoms with Crippen LogP contribution in [0, 0.1) is 11.6 Å². The van der Waals surface area contributed by atoms with Crippen LogP contribution in [-0.4, -0.2) is 29.4 Å². The molecule has 9 heteroatoms. The quantitative estimate of drug-likeness (QED) is 0.559. The van der Waals surface area contributed by atoms with Crippen molar-refractivity contribution in [3.63, 3.8) is 0 Å². The van der Waals surface area contributed by atoms with Crippen molar-refractivity contribution in [3.05, 3.63) is 89.0 Å². The van der Waals surface area contributed by atoms with Crippen molar-refractivity contribution in [2.45, 2.75) is 25.1 Å². The van der Waals surface area contributed by atoms with E-state index in [0.29, 0.717) is 17.0 Å². The molecule has 7 nitrogen and oxygen atoms in total. The molecule has 2 aromatic heterocycles. The van der Waals surface area contributed by atoms with Crippen molar-refractivity contribution in [1.82, 2.24) is 24.3 Å². The predicted octanol–water partition coefficient (Wildman–Crippen LogP) is 2.42. The Kier molecular flexibility index (Phi) is 4.67. The molecular formula is C20H17F2N5O2. The highest BCUT2D eigenvalue weighted by atomic mass is 19.1. The van der Waals surface area contributed by atoms with Crippen molar-refractivity contribution in [1.29, 1.82) is 0 Å². The number of hydrogen-bond donors (Lipinski definition) is 1. The van der Waals surface area contributed by atoms with Crippen LogP contribution in [0.2, 0.25) is 0 Å². The summed E-state index contributed by atoms with van der Waals surface area (Å²) >= 11 is 0. The Hall–Kier alpha value is -3.46. The lowest BCUT2D eigenvalue weighted by molar-refractivity contribution is -0.0343. The number of para-hydroxylation sites is 1. The van der Waals surface area contributed by atoms with Gasteiger partial charge in [-0.2, -0.15) is 5.10 Å². The molecule has 0 amide bonds. The standard InChI is InChI=1S/C20H17F2N5O2/c1-13(27-12-24-18-5-3-2-4-15(18)19(27)28)20(29,9-26-11-23-10-25-26)16-7-6-14(21)8-17(16)22/h2-8,10-13,29H,9H2,1H3. The minimum atomic E-state index is -1.94. The molecule has 29 heavy (non-hydrogen) atoms. The normalized spacial score (nSPS) is 14.6. The van der Waals surface area contributed by atoms with Gasteiger partial charge in [-0.15, -0.1) is 0 Å². The first kappa shape index (κ1) is 18.9. The van der Waals surface area contributed by atoms with Gasteiger partial charge in [-0.25, -0.2) is 23.4 Å². The zero-order chi connectivity index (χ0) is 20.6. The molecule has 2 aromatic carbocycles. The molecule has 0 aliphatic carbocycles. The van der Waals surface area contributed by atoms with E-state index in [2.05, 4.69) is 15.1 Å². The molecule has 2 unspecified atom stereocenters. The van der Waals surface area contributed by atoms with E-state index in [9.17, 15) is 18.7 Å². The van der Waals surface area contributed by atoms with Crippen LogP contribution in [0.25, 0.3) is 10.9 Å². The smallest absolute Gasteiger partial charge is 0.261 e. The van der Waals surface area contributed by atoms with Crippen LogP contribution < -0.4 is 5.56 Å². The minimum Gasteiger partial charge on any atom is -0.381 e. The molecule has 0 aliphatic rings. The summed E-state index contributed by atoms with van der Waals surface area (Å²) in [6, 6.07) is 8.75. The topological polar surface area (TPSA) is 85.8 Å². The number of aliphatic hydroxyl groups is 1. The number of benzene rings is 2. The fourth-order valence-electron chi connectivity index (χ4n) is 3.43. The van der Waals surface area contributed by atoms with Gasteiger partial charge in [-0.3, -0.25) is 9.36 Å². The van der Waals surface area contributed by atoms with Gasteiger partial charge in [-0.1, -0.05) is 18.2 Å². The van der Waals surface area contributed by atoms with Crippen LogP contribution in [0.5, 0.6) is 0 Å². The number of hydrogen-bond acceptors (Lipinski definition) is 5. The summed E-state index contributed by atoms with van der Waals surface area (Å²) in [4.78, 5) is 21.1. The molecule has 0 saturated carbocycles. The van der Waals surface area contributed by atoms with Crippen molar-refractivity contribution in [3.8, 4) is 0 Å². The van der Waals surface area contributed by atoms with Crippen LogP contribution >= 0.6 is 0 Å². The minimum absolute atomic E-state index is 0.165. The Labute approximate surface area is 163 Å². The third-order valence-corrected chi connectivity index (χ3v) is 5.07. The van der Waals surface area contributed by atoms with Crippen molar-refractivity contribution >= 4 is 10.9 Å². The van der Waals surface area contributed by atoms with Gasteiger partial charge >= 0.3 is 0 Å². The summed E-state index contributed by atoms with van der Waals surface area (Å²) < 4.78 is 30.7. The molecule has 148 valence electrons. The maximum atomic E-state index is 14.7. The first-order chi connectivity index (χ1) is 13.9. The molecule has 1 N–H and O–H groups in total. The van der Waals surface area contributed by atoms with E-state index in [-0.39, 0.29) is 17.7 Å². The Morgan fingerprint density at radius 1 is 1.17 bits per heavy atom. The van der Waals surface area contributed by atoms with Gasteiger partial charge in [0, 0.05) is 11.6 Å².